The molecule has 8 heteroatoms. The third-order valence-corrected chi connectivity index (χ3v) is 6.53. The van der Waals surface area contributed by atoms with Crippen molar-refractivity contribution in [2.45, 2.75) is 39.0 Å². The first-order valence-electron chi connectivity index (χ1n) is 10.5. The smallest absolute Gasteiger partial charge is 0.232 e. The second kappa shape index (κ2) is 9.96. The molecule has 2 aromatic rings. The molecule has 0 radical (unpaired) electrons. The van der Waals surface area contributed by atoms with Crippen molar-refractivity contribution in [3.05, 3.63) is 54.1 Å². The second-order valence-electron chi connectivity index (χ2n) is 7.70. The molecule has 0 saturated carbocycles. The number of carbonyl (C=O) groups is 2. The van der Waals surface area contributed by atoms with Gasteiger partial charge in [-0.25, -0.2) is 8.42 Å². The maximum absolute atomic E-state index is 12.3. The Balaban J connectivity index is 1.53. The van der Waals surface area contributed by atoms with Gasteiger partial charge in [-0.15, -0.1) is 0 Å². The Morgan fingerprint density at radius 2 is 1.77 bits per heavy atom. The van der Waals surface area contributed by atoms with Gasteiger partial charge in [-0.05, 0) is 61.2 Å². The molecule has 0 aromatic heterocycles. The van der Waals surface area contributed by atoms with Gasteiger partial charge in [0.1, 0.15) is 0 Å². The van der Waals surface area contributed by atoms with Crippen molar-refractivity contribution < 1.29 is 18.0 Å². The molecular weight excluding hydrogens is 414 g/mol. The summed E-state index contributed by atoms with van der Waals surface area (Å²) in [6, 6.07) is 14.6. The number of anilines is 3. The van der Waals surface area contributed by atoms with E-state index in [4.69, 9.17) is 0 Å². The van der Waals surface area contributed by atoms with Gasteiger partial charge in [0.15, 0.2) is 0 Å². The molecule has 0 bridgehead atoms. The third-order valence-electron chi connectivity index (χ3n) is 5.33. The van der Waals surface area contributed by atoms with Crippen LogP contribution in [0.15, 0.2) is 48.5 Å². The van der Waals surface area contributed by atoms with Crippen LogP contribution in [0.25, 0.3) is 0 Å². The van der Waals surface area contributed by atoms with E-state index < -0.39 is 10.0 Å². The number of carbonyl (C=O) groups excluding carboxylic acids is 2. The summed E-state index contributed by atoms with van der Waals surface area (Å²) in [6.07, 6.45) is 4.10. The molecule has 166 valence electrons. The van der Waals surface area contributed by atoms with Crippen molar-refractivity contribution >= 4 is 38.9 Å². The highest BCUT2D eigenvalue weighted by Crippen LogP contribution is 2.23. The average molecular weight is 444 g/mol. The zero-order chi connectivity index (χ0) is 22.4. The molecule has 31 heavy (non-hydrogen) atoms. The van der Waals surface area contributed by atoms with Gasteiger partial charge in [-0.2, -0.15) is 0 Å². The minimum absolute atomic E-state index is 0.122. The normalized spacial score (nSPS) is 14.0. The highest BCUT2D eigenvalue weighted by atomic mass is 32.2. The van der Waals surface area contributed by atoms with E-state index in [1.807, 2.05) is 31.2 Å². The SMILES string of the molecule is CCc1ccc(N(CCCC(=O)Nc2ccc(N3CCCC3=O)cc2)S(C)(=O)=O)cc1. The molecule has 2 amide bonds. The van der Waals surface area contributed by atoms with Gasteiger partial charge in [0.05, 0.1) is 11.9 Å². The van der Waals surface area contributed by atoms with Crippen LogP contribution in [0.2, 0.25) is 0 Å². The van der Waals surface area contributed by atoms with Gasteiger partial charge in [-0.3, -0.25) is 13.9 Å². The van der Waals surface area contributed by atoms with Crippen LogP contribution in [0.1, 0.15) is 38.2 Å². The lowest BCUT2D eigenvalue weighted by Gasteiger charge is -2.22. The van der Waals surface area contributed by atoms with Crippen LogP contribution in [0.4, 0.5) is 17.1 Å². The summed E-state index contributed by atoms with van der Waals surface area (Å²) < 4.78 is 25.8. The number of rotatable bonds is 9. The number of sulfonamides is 1. The molecule has 7 nitrogen and oxygen atoms in total. The van der Waals surface area contributed by atoms with Crippen molar-refractivity contribution in [2.24, 2.45) is 0 Å². The summed E-state index contributed by atoms with van der Waals surface area (Å²) >= 11 is 0. The molecule has 0 aliphatic carbocycles. The number of aryl methyl sites for hydroxylation is 1. The van der Waals surface area contributed by atoms with Gasteiger partial charge >= 0.3 is 0 Å². The van der Waals surface area contributed by atoms with E-state index in [2.05, 4.69) is 5.32 Å². The van der Waals surface area contributed by atoms with Crippen LogP contribution in [0.5, 0.6) is 0 Å². The highest BCUT2D eigenvalue weighted by Gasteiger charge is 2.21. The van der Waals surface area contributed by atoms with Crippen molar-refractivity contribution in [2.75, 3.05) is 33.9 Å². The number of benzene rings is 2. The lowest BCUT2D eigenvalue weighted by molar-refractivity contribution is -0.117. The topological polar surface area (TPSA) is 86.8 Å². The van der Waals surface area contributed by atoms with E-state index in [-0.39, 0.29) is 24.8 Å². The minimum Gasteiger partial charge on any atom is -0.326 e. The van der Waals surface area contributed by atoms with Crippen LogP contribution < -0.4 is 14.5 Å². The van der Waals surface area contributed by atoms with Gasteiger partial charge in [0.25, 0.3) is 0 Å². The largest absolute Gasteiger partial charge is 0.326 e. The molecule has 1 aliphatic rings. The molecule has 0 unspecified atom stereocenters. The average Bonchev–Trinajstić information content (AvgIpc) is 3.17. The summed E-state index contributed by atoms with van der Waals surface area (Å²) in [5.41, 5.74) is 3.22. The van der Waals surface area contributed by atoms with E-state index in [0.717, 1.165) is 30.6 Å². The van der Waals surface area contributed by atoms with Crippen molar-refractivity contribution in [1.29, 1.82) is 0 Å². The summed E-state index contributed by atoms with van der Waals surface area (Å²) in [7, 11) is -3.44. The number of hydrogen-bond acceptors (Lipinski definition) is 4. The predicted molar refractivity (Wildman–Crippen MR) is 124 cm³/mol. The summed E-state index contributed by atoms with van der Waals surface area (Å²) in [5, 5.41) is 2.83. The fourth-order valence-electron chi connectivity index (χ4n) is 3.64. The Morgan fingerprint density at radius 3 is 2.32 bits per heavy atom. The first-order valence-corrected chi connectivity index (χ1v) is 12.4. The lowest BCUT2D eigenvalue weighted by Crippen LogP contribution is -2.31. The Bertz CT molecular complexity index is 1020. The Kier molecular flexibility index (Phi) is 7.33. The fourth-order valence-corrected chi connectivity index (χ4v) is 4.60. The molecule has 1 aliphatic heterocycles. The summed E-state index contributed by atoms with van der Waals surface area (Å²) in [5.74, 6) is -0.0590. The van der Waals surface area contributed by atoms with Gasteiger partial charge < -0.3 is 10.2 Å². The molecular formula is C23H29N3O4S. The van der Waals surface area contributed by atoms with E-state index in [1.54, 1.807) is 29.2 Å². The highest BCUT2D eigenvalue weighted by molar-refractivity contribution is 7.92. The van der Waals surface area contributed by atoms with Crippen LogP contribution in [-0.2, 0) is 26.0 Å². The summed E-state index contributed by atoms with van der Waals surface area (Å²) in [6.45, 7) is 3.00. The number of amides is 2. The summed E-state index contributed by atoms with van der Waals surface area (Å²) in [4.78, 5) is 25.9. The van der Waals surface area contributed by atoms with Gasteiger partial charge in [-0.1, -0.05) is 19.1 Å². The lowest BCUT2D eigenvalue weighted by atomic mass is 10.1. The quantitative estimate of drug-likeness (QED) is 0.642. The second-order valence-corrected chi connectivity index (χ2v) is 9.61. The Labute approximate surface area is 184 Å². The zero-order valence-corrected chi connectivity index (χ0v) is 18.8. The Hall–Kier alpha value is -2.87. The molecule has 1 saturated heterocycles. The van der Waals surface area contributed by atoms with Crippen LogP contribution in [0, 0.1) is 0 Å². The standard InChI is InChI=1S/C23H29N3O4S/c1-3-18-8-12-21(13-9-18)26(31(2,29)30)17-4-6-22(27)24-19-10-14-20(15-11-19)25-16-5-7-23(25)28/h8-15H,3-7,16-17H2,1-2H3,(H,24,27). The molecule has 0 spiro atoms. The first-order chi connectivity index (χ1) is 14.8. The molecule has 1 N–H and O–H groups in total. The zero-order valence-electron chi connectivity index (χ0n) is 18.0. The van der Waals surface area contributed by atoms with E-state index in [9.17, 15) is 18.0 Å². The monoisotopic (exact) mass is 443 g/mol. The van der Waals surface area contributed by atoms with Crippen LogP contribution >= 0.6 is 0 Å². The van der Waals surface area contributed by atoms with Gasteiger partial charge in [0.2, 0.25) is 21.8 Å². The maximum atomic E-state index is 12.3. The van der Waals surface area contributed by atoms with Crippen molar-refractivity contribution in [3.63, 3.8) is 0 Å². The predicted octanol–water partition coefficient (Wildman–Crippen LogP) is 3.56. The molecule has 1 fully saturated rings. The fraction of sp³-hybridized carbons (Fsp3) is 0.391. The third kappa shape index (κ3) is 6.07. The number of nitrogens with zero attached hydrogens (tertiary/aromatic N) is 2. The van der Waals surface area contributed by atoms with Crippen molar-refractivity contribution in [3.8, 4) is 0 Å². The first kappa shape index (κ1) is 22.8. The molecule has 1 heterocycles. The van der Waals surface area contributed by atoms with E-state index in [1.165, 1.54) is 10.6 Å². The van der Waals surface area contributed by atoms with E-state index in [0.29, 0.717) is 24.2 Å². The Morgan fingerprint density at radius 1 is 1.10 bits per heavy atom. The van der Waals surface area contributed by atoms with Gasteiger partial charge in [0, 0.05) is 37.3 Å². The number of hydrogen-bond donors (Lipinski definition) is 1. The molecule has 3 rings (SSSR count). The van der Waals surface area contributed by atoms with Crippen molar-refractivity contribution in [1.82, 2.24) is 0 Å². The number of nitrogens with one attached hydrogen (secondary N) is 1. The molecule has 2 aromatic carbocycles. The maximum Gasteiger partial charge on any atom is 0.232 e. The van der Waals surface area contributed by atoms with Crippen LogP contribution in [0.3, 0.4) is 0 Å². The van der Waals surface area contributed by atoms with E-state index >= 15 is 0 Å². The molecule has 0 atom stereocenters. The minimum atomic E-state index is -3.44. The van der Waals surface area contributed by atoms with Crippen LogP contribution in [-0.4, -0.2) is 39.6 Å².